The minimum absolute atomic E-state index is 0.0488. The van der Waals surface area contributed by atoms with E-state index in [-0.39, 0.29) is 19.1 Å². The quantitative estimate of drug-likeness (QED) is 0.0243. The first-order valence-electron chi connectivity index (χ1n) is 34.1. The summed E-state index contributed by atoms with van der Waals surface area (Å²) in [5, 5.41) is 14.0. The second kappa shape index (κ2) is 63.2. The van der Waals surface area contributed by atoms with E-state index in [0.717, 1.165) is 103 Å². The minimum atomic E-state index is -4.37. The highest BCUT2D eigenvalue weighted by Gasteiger charge is 2.27. The van der Waals surface area contributed by atoms with Crippen LogP contribution in [-0.2, 0) is 18.4 Å². The maximum absolute atomic E-state index is 13.0. The zero-order valence-electron chi connectivity index (χ0n) is 54.4. The Morgan fingerprint density at radius 2 is 0.735 bits per heavy atom. The summed E-state index contributed by atoms with van der Waals surface area (Å²) >= 11 is 0. The lowest BCUT2D eigenvalue weighted by molar-refractivity contribution is -0.870. The number of amides is 1. The number of hydrogen-bond donors (Lipinski definition) is 3. The number of allylic oxidation sites excluding steroid dienone is 21. The number of phosphoric acid groups is 1. The van der Waals surface area contributed by atoms with Gasteiger partial charge in [0, 0.05) is 6.42 Å². The van der Waals surface area contributed by atoms with Crippen molar-refractivity contribution >= 4 is 13.7 Å². The topological polar surface area (TPSA) is 105 Å². The Hall–Kier alpha value is -3.36. The summed E-state index contributed by atoms with van der Waals surface area (Å²) in [6.07, 6.45) is 95.8. The lowest BCUT2D eigenvalue weighted by Crippen LogP contribution is -2.45. The number of hydrogen-bond acceptors (Lipinski definition) is 5. The van der Waals surface area contributed by atoms with Crippen LogP contribution in [0.3, 0.4) is 0 Å². The number of nitrogens with zero attached hydrogens (tertiary/aromatic N) is 1. The molecule has 0 spiro atoms. The third-order valence-corrected chi connectivity index (χ3v) is 15.6. The first-order chi connectivity index (χ1) is 40.5. The minimum Gasteiger partial charge on any atom is -0.387 e. The van der Waals surface area contributed by atoms with Gasteiger partial charge in [-0.3, -0.25) is 13.8 Å². The monoisotopic (exact) mass is 1170 g/mol. The van der Waals surface area contributed by atoms with Gasteiger partial charge in [0.15, 0.2) is 0 Å². The Kier molecular flexibility index (Phi) is 60.6. The fraction of sp³-hybridized carbons (Fsp3) is 0.689. The normalized spacial score (nSPS) is 14.5. The molecule has 9 heteroatoms. The number of likely N-dealkylation sites (N-methyl/N-ethyl adjacent to an activating group) is 1. The van der Waals surface area contributed by atoms with Gasteiger partial charge in [0.05, 0.1) is 39.9 Å². The highest BCUT2D eigenvalue weighted by molar-refractivity contribution is 7.47. The number of unbranched alkanes of at least 4 members (excludes halogenated alkanes) is 28. The molecule has 3 unspecified atom stereocenters. The summed E-state index contributed by atoms with van der Waals surface area (Å²) < 4.78 is 23.8. The first kappa shape index (κ1) is 79.6. The lowest BCUT2D eigenvalue weighted by atomic mass is 10.0. The molecule has 8 nitrogen and oxygen atoms in total. The van der Waals surface area contributed by atoms with Crippen LogP contribution >= 0.6 is 7.82 Å². The molecule has 0 saturated heterocycles. The van der Waals surface area contributed by atoms with Gasteiger partial charge in [-0.1, -0.05) is 302 Å². The van der Waals surface area contributed by atoms with Crippen molar-refractivity contribution in [2.24, 2.45) is 0 Å². The average Bonchev–Trinajstić information content (AvgIpc) is 3.50. The largest absolute Gasteiger partial charge is 0.472 e. The highest BCUT2D eigenvalue weighted by Crippen LogP contribution is 2.43. The van der Waals surface area contributed by atoms with E-state index in [1.54, 1.807) is 6.08 Å². The Balaban J connectivity index is 4.19. The van der Waals surface area contributed by atoms with Crippen molar-refractivity contribution in [2.75, 3.05) is 40.9 Å². The molecule has 0 aromatic carbocycles. The van der Waals surface area contributed by atoms with Gasteiger partial charge in [-0.2, -0.15) is 0 Å². The zero-order valence-corrected chi connectivity index (χ0v) is 55.3. The predicted octanol–water partition coefficient (Wildman–Crippen LogP) is 21.8. The van der Waals surface area contributed by atoms with Gasteiger partial charge in [0.25, 0.3) is 0 Å². The molecule has 0 heterocycles. The van der Waals surface area contributed by atoms with Crippen LogP contribution in [0.4, 0.5) is 0 Å². The van der Waals surface area contributed by atoms with E-state index in [9.17, 15) is 19.4 Å². The van der Waals surface area contributed by atoms with E-state index in [2.05, 4.69) is 141 Å². The second-order valence-corrected chi connectivity index (χ2v) is 25.3. The molecule has 3 atom stereocenters. The van der Waals surface area contributed by atoms with Crippen LogP contribution in [-0.4, -0.2) is 73.4 Å². The van der Waals surface area contributed by atoms with E-state index in [1.165, 1.54) is 154 Å². The van der Waals surface area contributed by atoms with Crippen molar-refractivity contribution in [1.29, 1.82) is 0 Å². The van der Waals surface area contributed by atoms with Gasteiger partial charge in [0.1, 0.15) is 13.2 Å². The van der Waals surface area contributed by atoms with Crippen molar-refractivity contribution in [3.63, 3.8) is 0 Å². The molecule has 1 amide bonds. The smallest absolute Gasteiger partial charge is 0.387 e. The molecule has 0 bridgehead atoms. The van der Waals surface area contributed by atoms with E-state index >= 15 is 0 Å². The summed E-state index contributed by atoms with van der Waals surface area (Å²) in [4.78, 5) is 23.4. The Bertz CT molecular complexity index is 1810. The van der Waals surface area contributed by atoms with Crippen LogP contribution in [0, 0.1) is 0 Å². The van der Waals surface area contributed by atoms with Gasteiger partial charge in [0.2, 0.25) is 5.91 Å². The number of rotatable bonds is 61. The molecular weight excluding hydrogens is 1040 g/mol. The van der Waals surface area contributed by atoms with E-state index in [0.29, 0.717) is 17.4 Å². The van der Waals surface area contributed by atoms with E-state index < -0.39 is 20.0 Å². The SMILES string of the molecule is CC/C=C\C/C=C\C/C=C\C/C=C\C/C=C\C/C=C\C/C=C\C/C=C\C/C=C\CCCCCCCCCCCC(=O)NC(COP(=O)(O)OCC[N+](C)(C)C)C(O)/C=C/CC/C=C/CCCCCCCCCCCCCCCCCCCC. The van der Waals surface area contributed by atoms with Gasteiger partial charge in [-0.25, -0.2) is 4.57 Å². The molecule has 0 radical (unpaired) electrons. The van der Waals surface area contributed by atoms with Crippen LogP contribution in [0.15, 0.2) is 134 Å². The average molecular weight is 1170 g/mol. The fourth-order valence-corrected chi connectivity index (χ4v) is 10.1. The van der Waals surface area contributed by atoms with Crippen LogP contribution in [0.25, 0.3) is 0 Å². The number of nitrogens with one attached hydrogen (secondary N) is 1. The van der Waals surface area contributed by atoms with Gasteiger partial charge < -0.3 is 19.8 Å². The zero-order chi connectivity index (χ0) is 60.5. The Morgan fingerprint density at radius 3 is 1.11 bits per heavy atom. The summed E-state index contributed by atoms with van der Waals surface area (Å²) in [5.41, 5.74) is 0. The standard InChI is InChI=1S/C74H129N2O6P/c1-6-8-10-12-14-16-18-20-22-24-26-28-30-32-33-34-35-36-37-38-39-40-41-42-43-44-46-48-50-52-54-56-58-60-62-64-66-68-74(78)75-72(71-82-83(79,80)81-70-69-76(3,4)5)73(77)67-65-63-61-59-57-55-53-51-49-47-45-31-29-27-25-23-21-19-17-15-13-11-9-7-2/h8,10,14,16,20,22,26,28,32-33,35-36,38-39,41-42,44,46,57,59,65,67,72-73,77H,6-7,9,11-13,15,17-19,21,23-25,27,29-31,34,37,40,43,45,47-56,58,60-64,66,68-71H2,1-5H3,(H-,75,78,79,80)/p+1/b10-8-,16-14-,22-20-,28-26-,33-32-,36-35-,39-38-,42-41-,46-44-,59-57+,67-65+. The molecule has 0 aromatic heterocycles. The van der Waals surface area contributed by atoms with Gasteiger partial charge in [-0.15, -0.1) is 0 Å². The maximum Gasteiger partial charge on any atom is 0.472 e. The lowest BCUT2D eigenvalue weighted by Gasteiger charge is -2.25. The third kappa shape index (κ3) is 66.0. The number of carbonyl (C=O) groups excluding carboxylic acids is 1. The maximum atomic E-state index is 13.0. The van der Waals surface area contributed by atoms with Crippen LogP contribution in [0.5, 0.6) is 0 Å². The summed E-state index contributed by atoms with van der Waals surface area (Å²) in [6.45, 7) is 4.69. The molecule has 0 fully saturated rings. The van der Waals surface area contributed by atoms with E-state index in [4.69, 9.17) is 9.05 Å². The first-order valence-corrected chi connectivity index (χ1v) is 35.6. The number of aliphatic hydroxyl groups is 1. The molecule has 3 N–H and O–H groups in total. The van der Waals surface area contributed by atoms with Crippen molar-refractivity contribution in [3.05, 3.63) is 134 Å². The summed E-state index contributed by atoms with van der Waals surface area (Å²) in [6, 6.07) is -0.878. The molecule has 83 heavy (non-hydrogen) atoms. The van der Waals surface area contributed by atoms with Crippen molar-refractivity contribution in [1.82, 2.24) is 5.32 Å². The van der Waals surface area contributed by atoms with Crippen LogP contribution < -0.4 is 5.32 Å². The third-order valence-electron chi connectivity index (χ3n) is 14.6. The Morgan fingerprint density at radius 1 is 0.422 bits per heavy atom. The van der Waals surface area contributed by atoms with Gasteiger partial charge >= 0.3 is 7.82 Å². The van der Waals surface area contributed by atoms with E-state index in [1.807, 2.05) is 27.2 Å². The second-order valence-electron chi connectivity index (χ2n) is 23.8. The van der Waals surface area contributed by atoms with Crippen molar-refractivity contribution < 1.29 is 32.9 Å². The number of phosphoric ester groups is 1. The molecule has 0 aromatic rings. The summed E-state index contributed by atoms with van der Waals surface area (Å²) in [7, 11) is 1.54. The van der Waals surface area contributed by atoms with Crippen LogP contribution in [0.1, 0.15) is 277 Å². The molecule has 0 aliphatic heterocycles. The molecule has 0 rings (SSSR count). The summed E-state index contributed by atoms with van der Waals surface area (Å²) in [5.74, 6) is -0.196. The Labute approximate surface area is 513 Å². The fourth-order valence-electron chi connectivity index (χ4n) is 9.35. The number of carbonyl (C=O) groups is 1. The molecular formula is C74H130N2O6P+. The van der Waals surface area contributed by atoms with Crippen molar-refractivity contribution in [2.45, 2.75) is 289 Å². The van der Waals surface area contributed by atoms with Gasteiger partial charge in [-0.05, 0) is 103 Å². The van der Waals surface area contributed by atoms with Crippen molar-refractivity contribution in [3.8, 4) is 0 Å². The molecule has 0 saturated carbocycles. The molecule has 0 aliphatic carbocycles. The molecule has 476 valence electrons. The predicted molar refractivity (Wildman–Crippen MR) is 364 cm³/mol. The number of quaternary nitrogens is 1. The molecule has 0 aliphatic rings. The van der Waals surface area contributed by atoms with Crippen LogP contribution in [0.2, 0.25) is 0 Å². The number of aliphatic hydroxyl groups excluding tert-OH is 1. The highest BCUT2D eigenvalue weighted by atomic mass is 31.2.